The third kappa shape index (κ3) is 3.24. The van der Waals surface area contributed by atoms with E-state index in [2.05, 4.69) is 15.2 Å². The lowest BCUT2D eigenvalue weighted by Crippen LogP contribution is -2.46. The van der Waals surface area contributed by atoms with E-state index in [-0.39, 0.29) is 11.7 Å². The Bertz CT molecular complexity index is 428. The molecule has 1 N–H and O–H groups in total. The van der Waals surface area contributed by atoms with E-state index in [0.29, 0.717) is 13.2 Å². The number of hydrogen-bond acceptors (Lipinski definition) is 4. The number of nitrogens with one attached hydrogen (secondary N) is 1. The van der Waals surface area contributed by atoms with Gasteiger partial charge in [-0.25, -0.2) is 4.98 Å². The molecule has 1 saturated heterocycles. The number of morpholine rings is 1. The number of ether oxygens (including phenoxy) is 1. The largest absolute Gasteiger partial charge is 0.374 e. The van der Waals surface area contributed by atoms with Crippen LogP contribution in [0.3, 0.4) is 0 Å². The number of pyridine rings is 1. The lowest BCUT2D eigenvalue weighted by Gasteiger charge is -2.30. The number of halogens is 1. The van der Waals surface area contributed by atoms with E-state index in [1.807, 2.05) is 7.05 Å². The molecule has 1 aliphatic rings. The predicted octanol–water partition coefficient (Wildman–Crippen LogP) is 0.281. The van der Waals surface area contributed by atoms with E-state index < -0.39 is 11.9 Å². The highest BCUT2D eigenvalue weighted by molar-refractivity contribution is 5.94. The number of hydrogen-bond donors (Lipinski definition) is 1. The maximum absolute atomic E-state index is 13.3. The first-order chi connectivity index (χ1) is 8.66. The summed E-state index contributed by atoms with van der Waals surface area (Å²) in [7, 11) is 2.00. The van der Waals surface area contributed by atoms with Gasteiger partial charge >= 0.3 is 0 Å². The van der Waals surface area contributed by atoms with Gasteiger partial charge in [0.05, 0.1) is 18.3 Å². The molecule has 1 aromatic rings. The van der Waals surface area contributed by atoms with Crippen molar-refractivity contribution in [1.29, 1.82) is 0 Å². The number of carbonyl (C=O) groups is 1. The highest BCUT2D eigenvalue weighted by atomic mass is 19.1. The summed E-state index contributed by atoms with van der Waals surface area (Å²) in [5.74, 6) is -1.21. The molecular formula is C12H16FN3O2. The topological polar surface area (TPSA) is 54.5 Å². The summed E-state index contributed by atoms with van der Waals surface area (Å²) in [5, 5.41) is 2.66. The summed E-state index contributed by atoms with van der Waals surface area (Å²) in [6.45, 7) is 2.67. The van der Waals surface area contributed by atoms with Crippen molar-refractivity contribution in [1.82, 2.24) is 15.2 Å². The molecule has 0 saturated carbocycles. The van der Waals surface area contributed by atoms with Crippen molar-refractivity contribution in [3.8, 4) is 0 Å². The molecule has 1 atom stereocenters. The zero-order valence-corrected chi connectivity index (χ0v) is 10.2. The molecule has 1 aliphatic heterocycles. The molecule has 0 aliphatic carbocycles. The standard InChI is InChI=1S/C12H16FN3O2/c1-16-5-6-18-9(8-16)7-15-12(17)10-3-2-4-14-11(10)13/h2-4,9H,5-8H2,1H3,(H,15,17). The summed E-state index contributed by atoms with van der Waals surface area (Å²) in [6.07, 6.45) is 1.26. The maximum Gasteiger partial charge on any atom is 0.256 e. The fourth-order valence-corrected chi connectivity index (χ4v) is 1.85. The van der Waals surface area contributed by atoms with Crippen LogP contribution in [-0.2, 0) is 4.74 Å². The Morgan fingerprint density at radius 2 is 2.56 bits per heavy atom. The van der Waals surface area contributed by atoms with Crippen LogP contribution in [-0.4, -0.2) is 55.2 Å². The molecule has 5 nitrogen and oxygen atoms in total. The molecule has 1 amide bonds. The van der Waals surface area contributed by atoms with Crippen molar-refractivity contribution in [2.45, 2.75) is 6.10 Å². The van der Waals surface area contributed by atoms with Crippen LogP contribution in [0.15, 0.2) is 18.3 Å². The molecule has 1 fully saturated rings. The molecule has 0 bridgehead atoms. The first-order valence-corrected chi connectivity index (χ1v) is 5.85. The van der Waals surface area contributed by atoms with Crippen LogP contribution in [0.2, 0.25) is 0 Å². The number of rotatable bonds is 3. The lowest BCUT2D eigenvalue weighted by atomic mass is 10.2. The van der Waals surface area contributed by atoms with Crippen LogP contribution in [0.25, 0.3) is 0 Å². The van der Waals surface area contributed by atoms with Gasteiger partial charge in [-0.15, -0.1) is 0 Å². The molecule has 0 radical (unpaired) electrons. The molecule has 2 rings (SSSR count). The molecule has 18 heavy (non-hydrogen) atoms. The van der Waals surface area contributed by atoms with Gasteiger partial charge < -0.3 is 15.0 Å². The third-order valence-corrected chi connectivity index (χ3v) is 2.84. The molecule has 1 aromatic heterocycles. The number of amides is 1. The van der Waals surface area contributed by atoms with Crippen molar-refractivity contribution in [3.05, 3.63) is 29.8 Å². The zero-order chi connectivity index (χ0) is 13.0. The van der Waals surface area contributed by atoms with Crippen LogP contribution in [0, 0.1) is 5.95 Å². The van der Waals surface area contributed by atoms with E-state index in [1.165, 1.54) is 18.3 Å². The molecule has 6 heteroatoms. The average molecular weight is 253 g/mol. The number of aromatic nitrogens is 1. The van der Waals surface area contributed by atoms with Gasteiger partial charge in [-0.1, -0.05) is 0 Å². The number of carbonyl (C=O) groups excluding carboxylic acids is 1. The minimum Gasteiger partial charge on any atom is -0.374 e. The van der Waals surface area contributed by atoms with Crippen LogP contribution in [0.4, 0.5) is 4.39 Å². The predicted molar refractivity (Wildman–Crippen MR) is 63.8 cm³/mol. The highest BCUT2D eigenvalue weighted by Gasteiger charge is 2.19. The van der Waals surface area contributed by atoms with Crippen LogP contribution in [0.1, 0.15) is 10.4 Å². The molecule has 1 unspecified atom stereocenters. The summed E-state index contributed by atoms with van der Waals surface area (Å²) >= 11 is 0. The fourth-order valence-electron chi connectivity index (χ4n) is 1.85. The second kappa shape index (κ2) is 5.88. The smallest absolute Gasteiger partial charge is 0.256 e. The Kier molecular flexibility index (Phi) is 4.22. The van der Waals surface area contributed by atoms with Crippen LogP contribution in [0.5, 0.6) is 0 Å². The lowest BCUT2D eigenvalue weighted by molar-refractivity contribution is -0.0175. The summed E-state index contributed by atoms with van der Waals surface area (Å²) < 4.78 is 18.8. The molecule has 0 spiro atoms. The zero-order valence-electron chi connectivity index (χ0n) is 10.2. The third-order valence-electron chi connectivity index (χ3n) is 2.84. The second-order valence-corrected chi connectivity index (χ2v) is 4.31. The first-order valence-electron chi connectivity index (χ1n) is 5.85. The van der Waals surface area contributed by atoms with Crippen molar-refractivity contribution >= 4 is 5.91 Å². The summed E-state index contributed by atoms with van der Waals surface area (Å²) in [4.78, 5) is 17.3. The Morgan fingerprint density at radius 1 is 1.72 bits per heavy atom. The van der Waals surface area contributed by atoms with Crippen LogP contribution >= 0.6 is 0 Å². The van der Waals surface area contributed by atoms with Gasteiger partial charge in [0.15, 0.2) is 0 Å². The van der Waals surface area contributed by atoms with Crippen molar-refractivity contribution in [2.75, 3.05) is 33.3 Å². The number of nitrogens with zero attached hydrogens (tertiary/aromatic N) is 2. The summed E-state index contributed by atoms with van der Waals surface area (Å²) in [6, 6.07) is 2.94. The van der Waals surface area contributed by atoms with Gasteiger partial charge in [-0.3, -0.25) is 4.79 Å². The highest BCUT2D eigenvalue weighted by Crippen LogP contribution is 2.04. The van der Waals surface area contributed by atoms with E-state index >= 15 is 0 Å². The Morgan fingerprint density at radius 3 is 3.28 bits per heavy atom. The van der Waals surface area contributed by atoms with E-state index in [1.54, 1.807) is 0 Å². The SMILES string of the molecule is CN1CCOC(CNC(=O)c2cccnc2F)C1. The van der Waals surface area contributed by atoms with Crippen molar-refractivity contribution in [2.24, 2.45) is 0 Å². The van der Waals surface area contributed by atoms with Gasteiger partial charge in [0.1, 0.15) is 0 Å². The Labute approximate surface area is 105 Å². The van der Waals surface area contributed by atoms with Crippen molar-refractivity contribution in [3.63, 3.8) is 0 Å². The minimum absolute atomic E-state index is 0.0401. The van der Waals surface area contributed by atoms with Gasteiger partial charge in [0.25, 0.3) is 5.91 Å². The molecule has 0 aromatic carbocycles. The van der Waals surface area contributed by atoms with Gasteiger partial charge in [-0.2, -0.15) is 4.39 Å². The van der Waals surface area contributed by atoms with E-state index in [4.69, 9.17) is 4.74 Å². The molecule has 98 valence electrons. The van der Waals surface area contributed by atoms with Gasteiger partial charge in [0, 0.05) is 25.8 Å². The second-order valence-electron chi connectivity index (χ2n) is 4.31. The van der Waals surface area contributed by atoms with Crippen LogP contribution < -0.4 is 5.32 Å². The van der Waals surface area contributed by atoms with Crippen molar-refractivity contribution < 1.29 is 13.9 Å². The fraction of sp³-hybridized carbons (Fsp3) is 0.500. The van der Waals surface area contributed by atoms with E-state index in [0.717, 1.165) is 13.1 Å². The first kappa shape index (κ1) is 12.9. The van der Waals surface area contributed by atoms with E-state index in [9.17, 15) is 9.18 Å². The quantitative estimate of drug-likeness (QED) is 0.786. The molecular weight excluding hydrogens is 237 g/mol. The average Bonchev–Trinajstić information content (AvgIpc) is 2.37. The summed E-state index contributed by atoms with van der Waals surface area (Å²) in [5.41, 5.74) is -0.0401. The van der Waals surface area contributed by atoms with Gasteiger partial charge in [-0.05, 0) is 19.2 Å². The normalized spacial score (nSPS) is 20.7. The maximum atomic E-state index is 13.3. The molecule has 2 heterocycles. The number of likely N-dealkylation sites (N-methyl/N-ethyl adjacent to an activating group) is 1. The Hall–Kier alpha value is -1.53. The van der Waals surface area contributed by atoms with Gasteiger partial charge in [0.2, 0.25) is 5.95 Å². The minimum atomic E-state index is -0.753. The Balaban J connectivity index is 1.87. The monoisotopic (exact) mass is 253 g/mol.